The van der Waals surface area contributed by atoms with Crippen molar-refractivity contribution in [3.63, 3.8) is 0 Å². The third-order valence-corrected chi connectivity index (χ3v) is 3.09. The largest absolute Gasteiger partial charge is 0.462 e. The number of nitrogens with zero attached hydrogens (tertiary/aromatic N) is 1. The number of carbonyl (C=O) groups excluding carboxylic acids is 1. The molecule has 0 aliphatic carbocycles. The lowest BCUT2D eigenvalue weighted by Gasteiger charge is -2.12. The normalized spacial score (nSPS) is 10.2. The fraction of sp³-hybridized carbons (Fsp3) is 0.250. The summed E-state index contributed by atoms with van der Waals surface area (Å²) in [6.07, 6.45) is 1.46. The second kappa shape index (κ2) is 6.26. The summed E-state index contributed by atoms with van der Waals surface area (Å²) in [5.41, 5.74) is 9.59. The highest BCUT2D eigenvalue weighted by Crippen LogP contribution is 2.23. The van der Waals surface area contributed by atoms with Gasteiger partial charge in [0.2, 0.25) is 0 Å². The Morgan fingerprint density at radius 2 is 2.10 bits per heavy atom. The van der Waals surface area contributed by atoms with E-state index in [1.807, 2.05) is 32.0 Å². The third kappa shape index (κ3) is 3.51. The van der Waals surface area contributed by atoms with Crippen LogP contribution in [0.1, 0.15) is 28.4 Å². The van der Waals surface area contributed by atoms with Crippen LogP contribution in [0.15, 0.2) is 30.5 Å². The highest BCUT2D eigenvalue weighted by atomic mass is 16.5. The molecule has 0 saturated carbocycles. The molecule has 0 aliphatic rings. The molecule has 2 rings (SSSR count). The first-order chi connectivity index (χ1) is 10.0. The fourth-order valence-corrected chi connectivity index (χ4v) is 1.93. The van der Waals surface area contributed by atoms with Crippen molar-refractivity contribution in [2.24, 2.45) is 0 Å². The Bertz CT molecular complexity index is 669. The van der Waals surface area contributed by atoms with E-state index in [1.165, 1.54) is 6.20 Å². The van der Waals surface area contributed by atoms with Gasteiger partial charge in [-0.25, -0.2) is 9.78 Å². The second-order valence-corrected chi connectivity index (χ2v) is 4.82. The maximum absolute atomic E-state index is 11.8. The minimum atomic E-state index is -0.443. The number of nitrogens with one attached hydrogen (secondary N) is 1. The van der Waals surface area contributed by atoms with E-state index < -0.39 is 5.97 Å². The minimum absolute atomic E-state index is 0.306. The van der Waals surface area contributed by atoms with Crippen molar-refractivity contribution < 1.29 is 9.53 Å². The van der Waals surface area contributed by atoms with Crippen molar-refractivity contribution in [2.45, 2.75) is 20.8 Å². The summed E-state index contributed by atoms with van der Waals surface area (Å²) in [7, 11) is 0. The topological polar surface area (TPSA) is 77.2 Å². The van der Waals surface area contributed by atoms with Crippen LogP contribution in [0.25, 0.3) is 0 Å². The van der Waals surface area contributed by atoms with E-state index in [2.05, 4.69) is 10.3 Å². The van der Waals surface area contributed by atoms with Crippen molar-refractivity contribution in [1.82, 2.24) is 4.98 Å². The zero-order valence-electron chi connectivity index (χ0n) is 12.4. The van der Waals surface area contributed by atoms with Crippen molar-refractivity contribution in [3.8, 4) is 0 Å². The summed E-state index contributed by atoms with van der Waals surface area (Å²) in [4.78, 5) is 16.0. The predicted molar refractivity (Wildman–Crippen MR) is 83.8 cm³/mol. The summed E-state index contributed by atoms with van der Waals surface area (Å²) in [6.45, 7) is 6.08. The van der Waals surface area contributed by atoms with E-state index in [0.29, 0.717) is 23.7 Å². The van der Waals surface area contributed by atoms with Gasteiger partial charge in [-0.05, 0) is 44.0 Å². The number of pyridine rings is 1. The lowest BCUT2D eigenvalue weighted by molar-refractivity contribution is 0.0527. The number of rotatable bonds is 4. The lowest BCUT2D eigenvalue weighted by atomic mass is 10.1. The van der Waals surface area contributed by atoms with Crippen LogP contribution in [0.4, 0.5) is 17.2 Å². The van der Waals surface area contributed by atoms with Gasteiger partial charge in [0.25, 0.3) is 0 Å². The summed E-state index contributed by atoms with van der Waals surface area (Å²) in [6, 6.07) is 7.70. The quantitative estimate of drug-likeness (QED) is 0.843. The molecular weight excluding hydrogens is 266 g/mol. The third-order valence-electron chi connectivity index (χ3n) is 3.09. The second-order valence-electron chi connectivity index (χ2n) is 4.82. The Morgan fingerprint density at radius 1 is 1.33 bits per heavy atom. The molecule has 0 amide bonds. The molecule has 5 heteroatoms. The van der Waals surface area contributed by atoms with Crippen LogP contribution in [0.3, 0.4) is 0 Å². The molecule has 110 valence electrons. The number of esters is 1. The van der Waals surface area contributed by atoms with Gasteiger partial charge < -0.3 is 15.8 Å². The number of benzene rings is 1. The monoisotopic (exact) mass is 285 g/mol. The van der Waals surface area contributed by atoms with Gasteiger partial charge >= 0.3 is 5.97 Å². The number of carbonyl (C=O) groups is 1. The number of anilines is 3. The Hall–Kier alpha value is -2.56. The summed E-state index contributed by atoms with van der Waals surface area (Å²) in [5.74, 6) is 0.113. The molecule has 3 N–H and O–H groups in total. The first-order valence-corrected chi connectivity index (χ1v) is 6.78. The molecule has 0 unspecified atom stereocenters. The molecule has 2 aromatic rings. The average molecular weight is 285 g/mol. The van der Waals surface area contributed by atoms with Gasteiger partial charge in [-0.3, -0.25) is 0 Å². The zero-order valence-corrected chi connectivity index (χ0v) is 12.4. The van der Waals surface area contributed by atoms with E-state index in [0.717, 1.165) is 16.8 Å². The van der Waals surface area contributed by atoms with Crippen LogP contribution in [0.5, 0.6) is 0 Å². The Balaban J connectivity index is 2.31. The van der Waals surface area contributed by atoms with Crippen LogP contribution in [0, 0.1) is 13.8 Å². The fourth-order valence-electron chi connectivity index (χ4n) is 1.93. The van der Waals surface area contributed by atoms with Crippen molar-refractivity contribution >= 4 is 23.2 Å². The number of aryl methyl sites for hydroxylation is 2. The molecule has 1 aromatic carbocycles. The molecule has 21 heavy (non-hydrogen) atoms. The van der Waals surface area contributed by atoms with E-state index in [9.17, 15) is 4.79 Å². The first-order valence-electron chi connectivity index (χ1n) is 6.78. The highest BCUT2D eigenvalue weighted by molar-refractivity contribution is 5.95. The van der Waals surface area contributed by atoms with E-state index in [-0.39, 0.29) is 0 Å². The van der Waals surface area contributed by atoms with Crippen LogP contribution in [-0.2, 0) is 4.74 Å². The van der Waals surface area contributed by atoms with E-state index >= 15 is 0 Å². The Morgan fingerprint density at radius 3 is 2.81 bits per heavy atom. The number of nitrogens with two attached hydrogens (primary N) is 1. The molecular formula is C16H19N3O2. The van der Waals surface area contributed by atoms with Crippen LogP contribution < -0.4 is 11.1 Å². The molecule has 5 nitrogen and oxygen atoms in total. The summed E-state index contributed by atoms with van der Waals surface area (Å²) < 4.78 is 4.98. The SMILES string of the molecule is CCOC(=O)c1cc(Nc2cc(C)ccc2C)ncc1N. The van der Waals surface area contributed by atoms with Gasteiger partial charge in [-0.2, -0.15) is 0 Å². The predicted octanol–water partition coefficient (Wildman–Crippen LogP) is 3.20. The van der Waals surface area contributed by atoms with Crippen LogP contribution >= 0.6 is 0 Å². The molecule has 0 radical (unpaired) electrons. The van der Waals surface area contributed by atoms with E-state index in [1.54, 1.807) is 13.0 Å². The van der Waals surface area contributed by atoms with Crippen molar-refractivity contribution in [1.29, 1.82) is 0 Å². The molecule has 0 saturated heterocycles. The van der Waals surface area contributed by atoms with Gasteiger partial charge in [0.1, 0.15) is 5.82 Å². The molecule has 0 atom stereocenters. The number of hydrogen-bond donors (Lipinski definition) is 2. The molecule has 0 spiro atoms. The number of ether oxygens (including phenoxy) is 1. The molecule has 1 aromatic heterocycles. The zero-order chi connectivity index (χ0) is 15.4. The van der Waals surface area contributed by atoms with Gasteiger partial charge in [0.05, 0.1) is 24.1 Å². The van der Waals surface area contributed by atoms with Gasteiger partial charge in [-0.15, -0.1) is 0 Å². The van der Waals surface area contributed by atoms with Crippen LogP contribution in [-0.4, -0.2) is 17.6 Å². The van der Waals surface area contributed by atoms with Gasteiger partial charge in [0, 0.05) is 5.69 Å². The van der Waals surface area contributed by atoms with Crippen molar-refractivity contribution in [2.75, 3.05) is 17.7 Å². The molecule has 0 fully saturated rings. The Labute approximate surface area is 124 Å². The molecule has 1 heterocycles. The highest BCUT2D eigenvalue weighted by Gasteiger charge is 2.13. The number of aromatic nitrogens is 1. The van der Waals surface area contributed by atoms with Crippen LogP contribution in [0.2, 0.25) is 0 Å². The lowest BCUT2D eigenvalue weighted by Crippen LogP contribution is -2.09. The summed E-state index contributed by atoms with van der Waals surface area (Å²) >= 11 is 0. The van der Waals surface area contributed by atoms with Crippen molar-refractivity contribution in [3.05, 3.63) is 47.2 Å². The maximum Gasteiger partial charge on any atom is 0.340 e. The number of hydrogen-bond acceptors (Lipinski definition) is 5. The summed E-state index contributed by atoms with van der Waals surface area (Å²) in [5, 5.41) is 3.20. The molecule has 0 bridgehead atoms. The molecule has 0 aliphatic heterocycles. The van der Waals surface area contributed by atoms with Gasteiger partial charge in [-0.1, -0.05) is 12.1 Å². The smallest absolute Gasteiger partial charge is 0.340 e. The van der Waals surface area contributed by atoms with E-state index in [4.69, 9.17) is 10.5 Å². The maximum atomic E-state index is 11.8. The number of nitrogen functional groups attached to an aromatic ring is 1. The minimum Gasteiger partial charge on any atom is -0.462 e. The average Bonchev–Trinajstić information content (AvgIpc) is 2.45. The van der Waals surface area contributed by atoms with Gasteiger partial charge in [0.15, 0.2) is 0 Å². The standard InChI is InChI=1S/C16H19N3O2/c1-4-21-16(20)12-8-15(18-9-13(12)17)19-14-7-10(2)5-6-11(14)3/h5-9H,4,17H2,1-3H3,(H,18,19). The first kappa shape index (κ1) is 14.8. The Kier molecular flexibility index (Phi) is 4.42.